The molecule has 0 bridgehead atoms. The summed E-state index contributed by atoms with van der Waals surface area (Å²) in [6.07, 6.45) is 2.69. The molecule has 1 aromatic heterocycles. The van der Waals surface area contributed by atoms with Crippen molar-refractivity contribution in [1.29, 1.82) is 0 Å². The molecule has 1 heterocycles. The molecule has 1 amide bonds. The third-order valence-electron chi connectivity index (χ3n) is 2.79. The Morgan fingerprint density at radius 3 is 2.82 bits per heavy atom. The minimum atomic E-state index is -0.203. The second-order valence-corrected chi connectivity index (χ2v) is 4.62. The first-order valence-corrected chi connectivity index (χ1v) is 6.12. The number of hydrogen-bond acceptors (Lipinski definition) is 2. The lowest BCUT2D eigenvalue weighted by atomic mass is 10.2. The monoisotopic (exact) mass is 258 g/mol. The van der Waals surface area contributed by atoms with Crippen molar-refractivity contribution in [2.75, 3.05) is 13.7 Å². The summed E-state index contributed by atoms with van der Waals surface area (Å²) in [7, 11) is 1.68. The van der Waals surface area contributed by atoms with Crippen molar-refractivity contribution in [1.82, 2.24) is 9.47 Å². The van der Waals surface area contributed by atoms with Crippen LogP contribution in [0.2, 0.25) is 5.02 Å². The molecule has 4 nitrogen and oxygen atoms in total. The van der Waals surface area contributed by atoms with Crippen molar-refractivity contribution >= 4 is 17.5 Å². The lowest BCUT2D eigenvalue weighted by Gasteiger charge is -2.23. The highest BCUT2D eigenvalue weighted by atomic mass is 35.5. The van der Waals surface area contributed by atoms with E-state index >= 15 is 0 Å². The standard InChI is InChI=1S/C12H19ClN2O2/c1-4-5-15-7-10(13)6-11(15)12(17)14(3)9(2)8-16/h6-7,9,16H,4-5,8H2,1-3H3. The van der Waals surface area contributed by atoms with E-state index in [0.717, 1.165) is 13.0 Å². The van der Waals surface area contributed by atoms with Gasteiger partial charge in [0.05, 0.1) is 17.7 Å². The molecule has 96 valence electrons. The largest absolute Gasteiger partial charge is 0.394 e. The first-order chi connectivity index (χ1) is 8.01. The summed E-state index contributed by atoms with van der Waals surface area (Å²) in [6.45, 7) is 4.55. The molecule has 1 rings (SSSR count). The molecule has 0 spiro atoms. The summed E-state index contributed by atoms with van der Waals surface area (Å²) < 4.78 is 1.85. The van der Waals surface area contributed by atoms with Gasteiger partial charge in [-0.2, -0.15) is 0 Å². The minimum absolute atomic E-state index is 0.0511. The molecule has 0 aliphatic carbocycles. The molecule has 0 fully saturated rings. The van der Waals surface area contributed by atoms with Crippen LogP contribution in [0, 0.1) is 0 Å². The number of halogens is 1. The average Bonchev–Trinajstić information content (AvgIpc) is 2.68. The Morgan fingerprint density at radius 2 is 2.29 bits per heavy atom. The molecule has 0 aliphatic heterocycles. The van der Waals surface area contributed by atoms with Gasteiger partial charge in [0.25, 0.3) is 5.91 Å². The second-order valence-electron chi connectivity index (χ2n) is 4.18. The van der Waals surface area contributed by atoms with Crippen molar-refractivity contribution in [2.45, 2.75) is 32.9 Å². The molecule has 17 heavy (non-hydrogen) atoms. The van der Waals surface area contributed by atoms with Gasteiger partial charge in [-0.25, -0.2) is 0 Å². The molecule has 1 aromatic rings. The first kappa shape index (κ1) is 14.1. The maximum absolute atomic E-state index is 12.2. The van der Waals surface area contributed by atoms with Gasteiger partial charge in [0.2, 0.25) is 0 Å². The zero-order chi connectivity index (χ0) is 13.0. The van der Waals surface area contributed by atoms with E-state index in [-0.39, 0.29) is 18.6 Å². The minimum Gasteiger partial charge on any atom is -0.394 e. The predicted octanol–water partition coefficient (Wildman–Crippen LogP) is 2.00. The van der Waals surface area contributed by atoms with E-state index in [9.17, 15) is 4.79 Å². The summed E-state index contributed by atoms with van der Waals surface area (Å²) >= 11 is 5.92. The first-order valence-electron chi connectivity index (χ1n) is 5.75. The zero-order valence-electron chi connectivity index (χ0n) is 10.5. The number of carbonyl (C=O) groups excluding carboxylic acids is 1. The second kappa shape index (κ2) is 6.07. The number of nitrogens with zero attached hydrogens (tertiary/aromatic N) is 2. The molecule has 1 unspecified atom stereocenters. The molecular weight excluding hydrogens is 240 g/mol. The highest BCUT2D eigenvalue weighted by molar-refractivity contribution is 6.31. The summed E-state index contributed by atoms with van der Waals surface area (Å²) in [5, 5.41) is 9.61. The van der Waals surface area contributed by atoms with Crippen molar-refractivity contribution < 1.29 is 9.90 Å². The normalized spacial score (nSPS) is 12.5. The number of aromatic nitrogens is 1. The maximum atomic E-state index is 12.2. The smallest absolute Gasteiger partial charge is 0.270 e. The fourth-order valence-corrected chi connectivity index (χ4v) is 1.80. The number of carbonyl (C=O) groups is 1. The van der Waals surface area contributed by atoms with E-state index in [4.69, 9.17) is 16.7 Å². The number of rotatable bonds is 5. The lowest BCUT2D eigenvalue weighted by Crippen LogP contribution is -2.38. The predicted molar refractivity (Wildman–Crippen MR) is 68.4 cm³/mol. The Bertz CT molecular complexity index is 390. The van der Waals surface area contributed by atoms with Gasteiger partial charge >= 0.3 is 0 Å². The van der Waals surface area contributed by atoms with Crippen LogP contribution in [0.5, 0.6) is 0 Å². The fourth-order valence-electron chi connectivity index (χ4n) is 1.58. The SMILES string of the molecule is CCCn1cc(Cl)cc1C(=O)N(C)C(C)CO. The van der Waals surface area contributed by atoms with Gasteiger partial charge in [-0.3, -0.25) is 4.79 Å². The van der Waals surface area contributed by atoms with Gasteiger partial charge in [-0.05, 0) is 19.4 Å². The summed E-state index contributed by atoms with van der Waals surface area (Å²) in [5.74, 6) is -0.119. The Morgan fingerprint density at radius 1 is 1.65 bits per heavy atom. The molecule has 1 atom stereocenters. The summed E-state index contributed by atoms with van der Waals surface area (Å²) in [6, 6.07) is 1.46. The van der Waals surface area contributed by atoms with E-state index in [2.05, 4.69) is 0 Å². The highest BCUT2D eigenvalue weighted by Gasteiger charge is 2.20. The molecule has 0 saturated carbocycles. The van der Waals surface area contributed by atoms with Crippen LogP contribution in [0.25, 0.3) is 0 Å². The topological polar surface area (TPSA) is 45.5 Å². The Kier molecular flexibility index (Phi) is 5.02. The summed E-state index contributed by atoms with van der Waals surface area (Å²) in [4.78, 5) is 13.7. The molecule has 0 radical (unpaired) electrons. The number of aliphatic hydroxyl groups excluding tert-OH is 1. The number of hydrogen-bond donors (Lipinski definition) is 1. The van der Waals surface area contributed by atoms with E-state index in [1.54, 1.807) is 26.2 Å². The zero-order valence-corrected chi connectivity index (χ0v) is 11.2. The molecule has 5 heteroatoms. The van der Waals surface area contributed by atoms with Crippen molar-refractivity contribution in [3.63, 3.8) is 0 Å². The number of aliphatic hydroxyl groups is 1. The van der Waals surface area contributed by atoms with Crippen molar-refractivity contribution in [2.24, 2.45) is 0 Å². The Hall–Kier alpha value is -1.00. The van der Waals surface area contributed by atoms with Gasteiger partial charge in [0.15, 0.2) is 0 Å². The Labute approximate surface area is 107 Å². The van der Waals surface area contributed by atoms with Gasteiger partial charge in [0.1, 0.15) is 5.69 Å². The molecule has 0 aromatic carbocycles. The number of aryl methyl sites for hydroxylation is 1. The van der Waals surface area contributed by atoms with Crippen LogP contribution in [-0.2, 0) is 6.54 Å². The van der Waals surface area contributed by atoms with Crippen LogP contribution >= 0.6 is 11.6 Å². The molecule has 0 saturated heterocycles. The number of amides is 1. The van der Waals surface area contributed by atoms with Crippen LogP contribution in [-0.4, -0.2) is 40.2 Å². The number of likely N-dealkylation sites (N-methyl/N-ethyl adjacent to an activating group) is 1. The molecule has 0 aliphatic rings. The van der Waals surface area contributed by atoms with Crippen LogP contribution in [0.15, 0.2) is 12.3 Å². The van der Waals surface area contributed by atoms with E-state index < -0.39 is 0 Å². The molecular formula is C12H19ClN2O2. The Balaban J connectivity index is 2.94. The van der Waals surface area contributed by atoms with Gasteiger partial charge in [-0.15, -0.1) is 0 Å². The highest BCUT2D eigenvalue weighted by Crippen LogP contribution is 2.17. The van der Waals surface area contributed by atoms with Gasteiger partial charge < -0.3 is 14.6 Å². The third-order valence-corrected chi connectivity index (χ3v) is 3.00. The fraction of sp³-hybridized carbons (Fsp3) is 0.583. The van der Waals surface area contributed by atoms with Gasteiger partial charge in [-0.1, -0.05) is 18.5 Å². The van der Waals surface area contributed by atoms with Crippen LogP contribution in [0.4, 0.5) is 0 Å². The quantitative estimate of drug-likeness (QED) is 0.878. The van der Waals surface area contributed by atoms with E-state index in [0.29, 0.717) is 10.7 Å². The van der Waals surface area contributed by atoms with Gasteiger partial charge in [0, 0.05) is 19.8 Å². The van der Waals surface area contributed by atoms with Crippen LogP contribution in [0.3, 0.4) is 0 Å². The van der Waals surface area contributed by atoms with Crippen molar-refractivity contribution in [3.8, 4) is 0 Å². The van der Waals surface area contributed by atoms with Crippen molar-refractivity contribution in [3.05, 3.63) is 23.0 Å². The van der Waals surface area contributed by atoms with Crippen LogP contribution < -0.4 is 0 Å². The lowest BCUT2D eigenvalue weighted by molar-refractivity contribution is 0.0671. The van der Waals surface area contributed by atoms with E-state index in [1.807, 2.05) is 11.5 Å². The third kappa shape index (κ3) is 3.23. The summed E-state index contributed by atoms with van der Waals surface area (Å²) in [5.41, 5.74) is 0.569. The van der Waals surface area contributed by atoms with E-state index in [1.165, 1.54) is 4.90 Å². The maximum Gasteiger partial charge on any atom is 0.270 e. The molecule has 1 N–H and O–H groups in total. The van der Waals surface area contributed by atoms with Crippen LogP contribution in [0.1, 0.15) is 30.8 Å². The average molecular weight is 259 g/mol.